The first kappa shape index (κ1) is 13.6. The van der Waals surface area contributed by atoms with E-state index in [0.717, 1.165) is 0 Å². The summed E-state index contributed by atoms with van der Waals surface area (Å²) < 4.78 is 0. The Bertz CT molecular complexity index is 611. The second kappa shape index (κ2) is 5.86. The van der Waals surface area contributed by atoms with Gasteiger partial charge in [0.2, 0.25) is 5.91 Å². The first-order valence-corrected chi connectivity index (χ1v) is 6.74. The fourth-order valence-electron chi connectivity index (χ4n) is 1.49. The number of thiophene rings is 1. The Morgan fingerprint density at radius 2 is 2.00 bits per heavy atom. The van der Waals surface area contributed by atoms with Crippen molar-refractivity contribution in [3.8, 4) is 0 Å². The quantitative estimate of drug-likeness (QED) is 0.908. The third-order valence-electron chi connectivity index (χ3n) is 2.28. The molecule has 0 aliphatic heterocycles. The van der Waals surface area contributed by atoms with Gasteiger partial charge in [-0.3, -0.25) is 9.59 Å². The highest BCUT2D eigenvalue weighted by Gasteiger charge is 2.09. The van der Waals surface area contributed by atoms with E-state index < -0.39 is 0 Å². The number of nitrogens with one attached hydrogen (secondary N) is 2. The zero-order chi connectivity index (χ0) is 13.8. The molecule has 0 aliphatic rings. The molecule has 0 unspecified atom stereocenters. The minimum absolute atomic E-state index is 0.189. The highest BCUT2D eigenvalue weighted by atomic mass is 35.5. The van der Waals surface area contributed by atoms with Crippen LogP contribution in [0.4, 0.5) is 11.4 Å². The van der Waals surface area contributed by atoms with Crippen molar-refractivity contribution in [2.75, 3.05) is 10.6 Å². The summed E-state index contributed by atoms with van der Waals surface area (Å²) in [6.07, 6.45) is 0. The van der Waals surface area contributed by atoms with Crippen molar-refractivity contribution in [1.29, 1.82) is 0 Å². The molecule has 98 valence electrons. The zero-order valence-electron chi connectivity index (χ0n) is 10.1. The average molecular weight is 295 g/mol. The van der Waals surface area contributed by atoms with Crippen LogP contribution in [0.1, 0.15) is 16.6 Å². The Kier molecular flexibility index (Phi) is 4.19. The summed E-state index contributed by atoms with van der Waals surface area (Å²) in [5, 5.41) is 7.60. The predicted molar refractivity (Wildman–Crippen MR) is 78.0 cm³/mol. The molecular weight excluding hydrogens is 284 g/mol. The molecule has 2 rings (SSSR count). The van der Waals surface area contributed by atoms with E-state index in [0.29, 0.717) is 21.3 Å². The molecule has 0 saturated heterocycles. The fraction of sp³-hybridized carbons (Fsp3) is 0.0769. The second-order valence-corrected chi connectivity index (χ2v) is 5.16. The van der Waals surface area contributed by atoms with E-state index in [9.17, 15) is 9.59 Å². The average Bonchev–Trinajstić information content (AvgIpc) is 2.86. The maximum atomic E-state index is 11.9. The Balaban J connectivity index is 2.17. The predicted octanol–water partition coefficient (Wildman–Crippen LogP) is 3.61. The molecular formula is C13H11ClN2O2S. The highest BCUT2D eigenvalue weighted by molar-refractivity contribution is 7.12. The molecule has 4 nitrogen and oxygen atoms in total. The van der Waals surface area contributed by atoms with Gasteiger partial charge >= 0.3 is 0 Å². The summed E-state index contributed by atoms with van der Waals surface area (Å²) >= 11 is 7.31. The maximum Gasteiger partial charge on any atom is 0.265 e. The molecule has 0 radical (unpaired) electrons. The van der Waals surface area contributed by atoms with Gasteiger partial charge in [-0.2, -0.15) is 0 Å². The molecule has 2 aromatic rings. The molecule has 2 amide bonds. The molecule has 0 saturated carbocycles. The van der Waals surface area contributed by atoms with Crippen molar-refractivity contribution in [1.82, 2.24) is 0 Å². The number of hydrogen-bond donors (Lipinski definition) is 2. The van der Waals surface area contributed by atoms with Crippen LogP contribution in [0.15, 0.2) is 35.7 Å². The number of benzene rings is 1. The number of hydrogen-bond acceptors (Lipinski definition) is 3. The van der Waals surface area contributed by atoms with E-state index in [-0.39, 0.29) is 11.8 Å². The molecule has 2 N–H and O–H groups in total. The van der Waals surface area contributed by atoms with Crippen LogP contribution in [0.5, 0.6) is 0 Å². The first-order chi connectivity index (χ1) is 9.06. The topological polar surface area (TPSA) is 58.2 Å². The summed E-state index contributed by atoms with van der Waals surface area (Å²) in [5.74, 6) is -0.408. The highest BCUT2D eigenvalue weighted by Crippen LogP contribution is 2.26. The fourth-order valence-corrected chi connectivity index (χ4v) is 2.27. The van der Waals surface area contributed by atoms with Gasteiger partial charge in [-0.25, -0.2) is 0 Å². The number of anilines is 2. The molecule has 1 aromatic heterocycles. The van der Waals surface area contributed by atoms with E-state index in [1.807, 2.05) is 11.4 Å². The van der Waals surface area contributed by atoms with Crippen molar-refractivity contribution in [2.45, 2.75) is 6.92 Å². The van der Waals surface area contributed by atoms with E-state index in [4.69, 9.17) is 11.6 Å². The number of carbonyl (C=O) groups is 2. The summed E-state index contributed by atoms with van der Waals surface area (Å²) in [6, 6.07) is 8.47. The van der Waals surface area contributed by atoms with Gasteiger partial charge in [-0.15, -0.1) is 11.3 Å². The Morgan fingerprint density at radius 3 is 2.63 bits per heavy atom. The monoisotopic (exact) mass is 294 g/mol. The first-order valence-electron chi connectivity index (χ1n) is 5.48. The number of halogens is 1. The lowest BCUT2D eigenvalue weighted by molar-refractivity contribution is -0.114. The van der Waals surface area contributed by atoms with E-state index in [2.05, 4.69) is 10.6 Å². The Labute approximate surface area is 119 Å². The van der Waals surface area contributed by atoms with Gasteiger partial charge < -0.3 is 10.6 Å². The molecule has 6 heteroatoms. The van der Waals surface area contributed by atoms with Gasteiger partial charge in [0, 0.05) is 12.6 Å². The normalized spacial score (nSPS) is 10.0. The lowest BCUT2D eigenvalue weighted by Gasteiger charge is -2.08. The van der Waals surface area contributed by atoms with Crippen LogP contribution in [0, 0.1) is 0 Å². The van der Waals surface area contributed by atoms with Gasteiger partial charge in [-0.05, 0) is 29.6 Å². The van der Waals surface area contributed by atoms with Gasteiger partial charge in [-0.1, -0.05) is 17.7 Å². The Hall–Kier alpha value is -1.85. The second-order valence-electron chi connectivity index (χ2n) is 3.81. The van der Waals surface area contributed by atoms with Crippen molar-refractivity contribution < 1.29 is 9.59 Å². The van der Waals surface area contributed by atoms with Crippen LogP contribution >= 0.6 is 22.9 Å². The lowest BCUT2D eigenvalue weighted by atomic mass is 10.2. The minimum atomic E-state index is -0.219. The van der Waals surface area contributed by atoms with Crippen LogP contribution in [0.2, 0.25) is 5.02 Å². The largest absolute Gasteiger partial charge is 0.325 e. The van der Waals surface area contributed by atoms with E-state index in [1.54, 1.807) is 24.3 Å². The maximum absolute atomic E-state index is 11.9. The number of rotatable bonds is 3. The van der Waals surface area contributed by atoms with Crippen LogP contribution in [-0.4, -0.2) is 11.8 Å². The Morgan fingerprint density at radius 1 is 1.21 bits per heavy atom. The summed E-state index contributed by atoms with van der Waals surface area (Å²) in [4.78, 5) is 23.5. The van der Waals surface area contributed by atoms with Crippen molar-refractivity contribution in [2.24, 2.45) is 0 Å². The van der Waals surface area contributed by atoms with Crippen molar-refractivity contribution >= 4 is 46.1 Å². The molecule has 0 bridgehead atoms. The van der Waals surface area contributed by atoms with Crippen molar-refractivity contribution in [3.63, 3.8) is 0 Å². The minimum Gasteiger partial charge on any atom is -0.325 e. The van der Waals surface area contributed by atoms with Crippen molar-refractivity contribution in [3.05, 3.63) is 45.6 Å². The van der Waals surface area contributed by atoms with Crippen LogP contribution in [0.3, 0.4) is 0 Å². The molecule has 0 aliphatic carbocycles. The number of amides is 2. The van der Waals surface area contributed by atoms with Gasteiger partial charge in [0.25, 0.3) is 5.91 Å². The van der Waals surface area contributed by atoms with Gasteiger partial charge in [0.15, 0.2) is 0 Å². The van der Waals surface area contributed by atoms with Gasteiger partial charge in [0.1, 0.15) is 0 Å². The summed E-state index contributed by atoms with van der Waals surface area (Å²) in [6.45, 7) is 1.40. The lowest BCUT2D eigenvalue weighted by Crippen LogP contribution is -2.11. The van der Waals surface area contributed by atoms with Crippen LogP contribution < -0.4 is 10.6 Å². The van der Waals surface area contributed by atoms with Gasteiger partial charge in [0.05, 0.1) is 15.6 Å². The van der Waals surface area contributed by atoms with E-state index in [1.165, 1.54) is 18.3 Å². The summed E-state index contributed by atoms with van der Waals surface area (Å²) in [5.41, 5.74) is 1.05. The third kappa shape index (κ3) is 3.56. The van der Waals surface area contributed by atoms with Crippen LogP contribution in [-0.2, 0) is 4.79 Å². The molecule has 0 fully saturated rings. The standard InChI is InChI=1S/C13H11ClN2O2S/c1-8(17)15-11-7-9(4-5-10(11)14)16-13(18)12-3-2-6-19-12/h2-7H,1H3,(H,15,17)(H,16,18). The van der Waals surface area contributed by atoms with Crippen LogP contribution in [0.25, 0.3) is 0 Å². The zero-order valence-corrected chi connectivity index (χ0v) is 11.6. The molecule has 19 heavy (non-hydrogen) atoms. The molecule has 1 heterocycles. The SMILES string of the molecule is CC(=O)Nc1cc(NC(=O)c2cccs2)ccc1Cl. The third-order valence-corrected chi connectivity index (χ3v) is 3.48. The molecule has 0 spiro atoms. The summed E-state index contributed by atoms with van der Waals surface area (Å²) in [7, 11) is 0. The molecule has 1 aromatic carbocycles. The van der Waals surface area contributed by atoms with E-state index >= 15 is 0 Å². The molecule has 0 atom stereocenters. The number of carbonyl (C=O) groups excluding carboxylic acids is 2. The smallest absolute Gasteiger partial charge is 0.265 e.